The molecular weight excluding hydrogens is 144 g/mol. The first kappa shape index (κ1) is 7.96. The molecule has 4 heteroatoms. The minimum atomic E-state index is -0.400. The molecule has 0 radical (unpaired) electrons. The Hall–Kier alpha value is -0.0375. The van der Waals surface area contributed by atoms with E-state index in [-0.39, 0.29) is 5.91 Å². The van der Waals surface area contributed by atoms with E-state index in [4.69, 9.17) is 5.73 Å². The first-order valence-corrected chi connectivity index (χ1v) is 3.20. The van der Waals surface area contributed by atoms with Gasteiger partial charge in [0.15, 0.2) is 0 Å². The molecule has 0 saturated heterocycles. The molecule has 0 aromatic carbocycles. The molecule has 0 aromatic rings. The van der Waals surface area contributed by atoms with Gasteiger partial charge in [0, 0.05) is 0 Å². The fraction of sp³-hybridized carbons (Fsp3) is 0.750. The van der Waals surface area contributed by atoms with Crippen molar-refractivity contribution in [2.75, 3.05) is 5.41 Å². The molecule has 1 amide bonds. The van der Waals surface area contributed by atoms with E-state index in [1.165, 1.54) is 0 Å². The molecule has 0 aromatic heterocycles. The van der Waals surface area contributed by atoms with Crippen LogP contribution < -0.4 is 11.1 Å². The molecule has 0 aliphatic rings. The number of hydrogen-bond acceptors (Lipinski definition) is 2. The maximum atomic E-state index is 10.5. The summed E-state index contributed by atoms with van der Waals surface area (Å²) in [6.45, 7) is 1.64. The summed E-state index contributed by atoms with van der Waals surface area (Å²) in [6, 6.07) is -0.400. The van der Waals surface area contributed by atoms with Crippen LogP contribution in [-0.2, 0) is 21.1 Å². The van der Waals surface area contributed by atoms with Crippen LogP contribution in [0.25, 0.3) is 0 Å². The SMILES string of the molecule is CC(N)C(=O)N[CH2][Cr]. The Morgan fingerprint density at radius 2 is 2.50 bits per heavy atom. The summed E-state index contributed by atoms with van der Waals surface area (Å²) in [5.41, 5.74) is 5.20. The molecule has 8 heavy (non-hydrogen) atoms. The zero-order valence-electron chi connectivity index (χ0n) is 4.68. The van der Waals surface area contributed by atoms with Crippen LogP contribution in [0, 0.1) is 0 Å². The molecular formula is C4H9CrN2O. The molecule has 47 valence electrons. The standard InChI is InChI=1S/C4H9N2O.Cr/c1-3(5)4(7)6-2;/h3H,2,5H2,1H3,(H,6,7);. The summed E-state index contributed by atoms with van der Waals surface area (Å²) < 4.78 is 0. The fourth-order valence-corrected chi connectivity index (χ4v) is 0.454. The second-order valence-electron chi connectivity index (χ2n) is 1.47. The molecule has 3 N–H and O–H groups in total. The van der Waals surface area contributed by atoms with Gasteiger partial charge < -0.3 is 0 Å². The van der Waals surface area contributed by atoms with Crippen LogP contribution >= 0.6 is 0 Å². The van der Waals surface area contributed by atoms with Crippen molar-refractivity contribution < 1.29 is 21.1 Å². The van der Waals surface area contributed by atoms with Crippen LogP contribution in [0.3, 0.4) is 0 Å². The Morgan fingerprint density at radius 1 is 2.00 bits per heavy atom. The van der Waals surface area contributed by atoms with Gasteiger partial charge in [0.25, 0.3) is 0 Å². The third kappa shape index (κ3) is 3.03. The van der Waals surface area contributed by atoms with Crippen molar-refractivity contribution in [2.24, 2.45) is 5.73 Å². The van der Waals surface area contributed by atoms with E-state index in [0.29, 0.717) is 5.41 Å². The Morgan fingerprint density at radius 3 is 2.62 bits per heavy atom. The predicted octanol–water partition coefficient (Wildman–Crippen LogP) is -1.05. The van der Waals surface area contributed by atoms with Crippen LogP contribution in [0.1, 0.15) is 6.92 Å². The van der Waals surface area contributed by atoms with E-state index in [0.717, 1.165) is 0 Å². The van der Waals surface area contributed by atoms with Crippen molar-refractivity contribution in [3.05, 3.63) is 0 Å². The Kier molecular flexibility index (Phi) is 3.89. The van der Waals surface area contributed by atoms with Gasteiger partial charge in [-0.3, -0.25) is 0 Å². The van der Waals surface area contributed by atoms with Gasteiger partial charge in [-0.2, -0.15) is 0 Å². The summed E-state index contributed by atoms with van der Waals surface area (Å²) in [7, 11) is 0. The molecule has 0 heterocycles. The Labute approximate surface area is 57.0 Å². The number of nitrogens with two attached hydrogens (primary N) is 1. The zero-order chi connectivity index (χ0) is 6.57. The molecule has 0 fully saturated rings. The second kappa shape index (κ2) is 3.90. The van der Waals surface area contributed by atoms with Gasteiger partial charge in [0.2, 0.25) is 0 Å². The van der Waals surface area contributed by atoms with Gasteiger partial charge >= 0.3 is 56.4 Å². The summed E-state index contributed by atoms with van der Waals surface area (Å²) in [4.78, 5) is 10.5. The average Bonchev–Trinajstić information content (AvgIpc) is 1.67. The van der Waals surface area contributed by atoms with E-state index in [1.54, 1.807) is 6.92 Å². The normalized spacial score (nSPS) is 12.8. The first-order chi connectivity index (χ1) is 3.68. The summed E-state index contributed by atoms with van der Waals surface area (Å²) in [6.07, 6.45) is 0. The fourth-order valence-electron chi connectivity index (χ4n) is 0.232. The molecule has 1 unspecified atom stereocenters. The molecule has 0 rings (SSSR count). The Bertz CT molecular complexity index is 84.1. The van der Waals surface area contributed by atoms with Gasteiger partial charge in [-0.15, -0.1) is 0 Å². The predicted molar refractivity (Wildman–Crippen MR) is 26.7 cm³/mol. The molecule has 0 aliphatic carbocycles. The van der Waals surface area contributed by atoms with Crippen LogP contribution in [0.5, 0.6) is 0 Å². The van der Waals surface area contributed by atoms with Crippen molar-refractivity contribution in [3.63, 3.8) is 0 Å². The summed E-state index contributed by atoms with van der Waals surface area (Å²) >= 11 is 2.64. The minimum absolute atomic E-state index is 0.122. The number of carbonyl (C=O) groups excluding carboxylic acids is 1. The van der Waals surface area contributed by atoms with Crippen LogP contribution in [0.2, 0.25) is 0 Å². The van der Waals surface area contributed by atoms with E-state index in [1.807, 2.05) is 0 Å². The number of rotatable bonds is 2. The second-order valence-corrected chi connectivity index (χ2v) is 1.92. The number of nitrogens with one attached hydrogen (secondary N) is 1. The molecule has 0 aliphatic heterocycles. The van der Waals surface area contributed by atoms with Crippen LogP contribution in [0.15, 0.2) is 0 Å². The van der Waals surface area contributed by atoms with Crippen LogP contribution in [-0.4, -0.2) is 17.4 Å². The van der Waals surface area contributed by atoms with Crippen molar-refractivity contribution in [3.8, 4) is 0 Å². The first-order valence-electron chi connectivity index (χ1n) is 2.30. The Balaban J connectivity index is 3.33. The van der Waals surface area contributed by atoms with E-state index in [9.17, 15) is 4.79 Å². The van der Waals surface area contributed by atoms with E-state index in [2.05, 4.69) is 21.6 Å². The monoisotopic (exact) mass is 153 g/mol. The van der Waals surface area contributed by atoms with E-state index >= 15 is 0 Å². The quantitative estimate of drug-likeness (QED) is 0.532. The maximum absolute atomic E-state index is 10.5. The molecule has 1 atom stereocenters. The summed E-state index contributed by atoms with van der Waals surface area (Å²) in [5, 5.41) is 3.05. The summed E-state index contributed by atoms with van der Waals surface area (Å²) in [5.74, 6) is -0.122. The van der Waals surface area contributed by atoms with Gasteiger partial charge in [0.1, 0.15) is 0 Å². The zero-order valence-corrected chi connectivity index (χ0v) is 5.95. The molecule has 0 bridgehead atoms. The topological polar surface area (TPSA) is 55.1 Å². The molecule has 0 spiro atoms. The van der Waals surface area contributed by atoms with Gasteiger partial charge in [-0.25, -0.2) is 0 Å². The third-order valence-corrected chi connectivity index (χ3v) is 0.885. The van der Waals surface area contributed by atoms with Gasteiger partial charge in [0.05, 0.1) is 0 Å². The van der Waals surface area contributed by atoms with Crippen molar-refractivity contribution in [1.29, 1.82) is 0 Å². The number of carbonyl (C=O) groups is 1. The van der Waals surface area contributed by atoms with E-state index < -0.39 is 6.04 Å². The van der Waals surface area contributed by atoms with Crippen molar-refractivity contribution in [1.82, 2.24) is 5.32 Å². The average molecular weight is 153 g/mol. The van der Waals surface area contributed by atoms with Gasteiger partial charge in [-0.1, -0.05) is 0 Å². The molecule has 3 nitrogen and oxygen atoms in total. The van der Waals surface area contributed by atoms with Crippen molar-refractivity contribution in [2.45, 2.75) is 13.0 Å². The molecule has 0 saturated carbocycles. The number of amides is 1. The number of hydrogen-bond donors (Lipinski definition) is 2. The van der Waals surface area contributed by atoms with Crippen molar-refractivity contribution >= 4 is 5.91 Å². The van der Waals surface area contributed by atoms with Gasteiger partial charge in [-0.05, 0) is 0 Å². The third-order valence-electron chi connectivity index (χ3n) is 0.660. The van der Waals surface area contributed by atoms with Crippen LogP contribution in [0.4, 0.5) is 0 Å².